The van der Waals surface area contributed by atoms with Crippen LogP contribution in [-0.4, -0.2) is 27.2 Å². The van der Waals surface area contributed by atoms with Gasteiger partial charge in [-0.2, -0.15) is 0 Å². The molecule has 1 aromatic carbocycles. The van der Waals surface area contributed by atoms with Gasteiger partial charge < -0.3 is 10.2 Å². The van der Waals surface area contributed by atoms with Crippen molar-refractivity contribution in [2.75, 3.05) is 5.88 Å². The van der Waals surface area contributed by atoms with E-state index < -0.39 is 12.2 Å². The van der Waals surface area contributed by atoms with Crippen molar-refractivity contribution in [2.45, 2.75) is 19.1 Å². The van der Waals surface area contributed by atoms with Crippen molar-refractivity contribution >= 4 is 22.5 Å². The van der Waals surface area contributed by atoms with E-state index in [2.05, 4.69) is 4.98 Å². The van der Waals surface area contributed by atoms with E-state index in [0.717, 1.165) is 16.5 Å². The van der Waals surface area contributed by atoms with Gasteiger partial charge >= 0.3 is 0 Å². The Labute approximate surface area is 105 Å². The Hall–Kier alpha value is -1.16. The van der Waals surface area contributed by atoms with Crippen LogP contribution in [0.25, 0.3) is 10.9 Å². The average molecular weight is 252 g/mol. The van der Waals surface area contributed by atoms with Crippen molar-refractivity contribution in [2.24, 2.45) is 0 Å². The predicted molar refractivity (Wildman–Crippen MR) is 68.2 cm³/mol. The first-order valence-corrected chi connectivity index (χ1v) is 5.95. The molecule has 2 N–H and O–H groups in total. The SMILES string of the molecule is Cc1c(C(O)C(O)CCl)ccc2cccnc12. The topological polar surface area (TPSA) is 53.4 Å². The summed E-state index contributed by atoms with van der Waals surface area (Å²) >= 11 is 5.54. The van der Waals surface area contributed by atoms with Crippen molar-refractivity contribution in [3.8, 4) is 0 Å². The molecule has 0 spiro atoms. The highest BCUT2D eigenvalue weighted by molar-refractivity contribution is 6.18. The molecule has 0 amide bonds. The summed E-state index contributed by atoms with van der Waals surface area (Å²) in [6.45, 7) is 1.88. The van der Waals surface area contributed by atoms with Gasteiger partial charge in [0.2, 0.25) is 0 Å². The monoisotopic (exact) mass is 251 g/mol. The summed E-state index contributed by atoms with van der Waals surface area (Å²) in [6.07, 6.45) is -0.223. The first kappa shape index (κ1) is 12.3. The van der Waals surface area contributed by atoms with Crippen molar-refractivity contribution in [1.82, 2.24) is 4.98 Å². The van der Waals surface area contributed by atoms with Crippen LogP contribution in [0.4, 0.5) is 0 Å². The third-order valence-corrected chi connectivity index (χ3v) is 3.23. The van der Waals surface area contributed by atoms with Crippen molar-refractivity contribution in [1.29, 1.82) is 0 Å². The molecule has 0 fully saturated rings. The zero-order valence-electron chi connectivity index (χ0n) is 9.47. The summed E-state index contributed by atoms with van der Waals surface area (Å²) in [5.41, 5.74) is 2.38. The number of aromatic nitrogens is 1. The van der Waals surface area contributed by atoms with E-state index in [0.29, 0.717) is 5.56 Å². The highest BCUT2D eigenvalue weighted by Crippen LogP contribution is 2.26. The van der Waals surface area contributed by atoms with E-state index in [1.54, 1.807) is 12.3 Å². The average Bonchev–Trinajstić information content (AvgIpc) is 2.38. The van der Waals surface area contributed by atoms with E-state index in [4.69, 9.17) is 11.6 Å². The third kappa shape index (κ3) is 2.27. The van der Waals surface area contributed by atoms with Gasteiger partial charge in [-0.1, -0.05) is 18.2 Å². The zero-order chi connectivity index (χ0) is 12.4. The Kier molecular flexibility index (Phi) is 3.62. The minimum Gasteiger partial charge on any atom is -0.389 e. The molecule has 0 saturated carbocycles. The Morgan fingerprint density at radius 1 is 1.29 bits per heavy atom. The molecule has 0 aliphatic carbocycles. The van der Waals surface area contributed by atoms with E-state index >= 15 is 0 Å². The van der Waals surface area contributed by atoms with Crippen LogP contribution >= 0.6 is 11.6 Å². The van der Waals surface area contributed by atoms with Crippen LogP contribution in [0, 0.1) is 6.92 Å². The Morgan fingerprint density at radius 3 is 2.76 bits per heavy atom. The lowest BCUT2D eigenvalue weighted by molar-refractivity contribution is 0.0324. The number of benzene rings is 1. The molecule has 0 saturated heterocycles. The first-order valence-electron chi connectivity index (χ1n) is 5.41. The Balaban J connectivity index is 2.52. The Morgan fingerprint density at radius 2 is 2.06 bits per heavy atom. The van der Waals surface area contributed by atoms with Crippen molar-refractivity contribution < 1.29 is 10.2 Å². The maximum absolute atomic E-state index is 9.97. The molecule has 0 aliphatic heterocycles. The molecule has 2 atom stereocenters. The number of pyridine rings is 1. The van der Waals surface area contributed by atoms with Crippen LogP contribution in [-0.2, 0) is 0 Å². The molecule has 17 heavy (non-hydrogen) atoms. The fourth-order valence-electron chi connectivity index (χ4n) is 1.92. The molecular weight excluding hydrogens is 238 g/mol. The van der Waals surface area contributed by atoms with Crippen LogP contribution < -0.4 is 0 Å². The number of hydrogen-bond acceptors (Lipinski definition) is 3. The molecule has 0 radical (unpaired) electrons. The predicted octanol–water partition coefficient (Wildman–Crippen LogP) is 2.18. The van der Waals surface area contributed by atoms with E-state index in [9.17, 15) is 10.2 Å². The van der Waals surface area contributed by atoms with Gasteiger partial charge in [-0.05, 0) is 24.1 Å². The fourth-order valence-corrected chi connectivity index (χ4v) is 2.09. The van der Waals surface area contributed by atoms with Gasteiger partial charge in [-0.15, -0.1) is 11.6 Å². The number of fused-ring (bicyclic) bond motifs is 1. The van der Waals surface area contributed by atoms with Gasteiger partial charge in [-0.25, -0.2) is 0 Å². The summed E-state index contributed by atoms with van der Waals surface area (Å²) < 4.78 is 0. The molecule has 0 bridgehead atoms. The second-order valence-electron chi connectivity index (χ2n) is 4.02. The molecule has 3 nitrogen and oxygen atoms in total. The van der Waals surface area contributed by atoms with Crippen molar-refractivity contribution in [3.05, 3.63) is 41.6 Å². The van der Waals surface area contributed by atoms with Crippen LogP contribution in [0.3, 0.4) is 0 Å². The quantitative estimate of drug-likeness (QED) is 0.822. The molecule has 4 heteroatoms. The van der Waals surface area contributed by atoms with Crippen LogP contribution in [0.5, 0.6) is 0 Å². The molecule has 90 valence electrons. The normalized spacial score (nSPS) is 14.8. The lowest BCUT2D eigenvalue weighted by atomic mass is 9.97. The number of halogens is 1. The third-order valence-electron chi connectivity index (χ3n) is 2.91. The number of aliphatic hydroxyl groups is 2. The van der Waals surface area contributed by atoms with Crippen LogP contribution in [0.1, 0.15) is 17.2 Å². The van der Waals surface area contributed by atoms with Crippen LogP contribution in [0.15, 0.2) is 30.5 Å². The fraction of sp³-hybridized carbons (Fsp3) is 0.308. The molecule has 1 heterocycles. The zero-order valence-corrected chi connectivity index (χ0v) is 10.2. The summed E-state index contributed by atoms with van der Waals surface area (Å²) in [7, 11) is 0. The molecular formula is C13H14ClNO2. The summed E-state index contributed by atoms with van der Waals surface area (Å²) in [5.74, 6) is 0.000855. The number of aliphatic hydroxyl groups excluding tert-OH is 2. The molecule has 2 rings (SSSR count). The number of nitrogens with zero attached hydrogens (tertiary/aromatic N) is 1. The van der Waals surface area contributed by atoms with Gasteiger partial charge in [0.1, 0.15) is 6.10 Å². The number of aryl methyl sites for hydroxylation is 1. The Bertz CT molecular complexity index is 530. The van der Waals surface area contributed by atoms with Gasteiger partial charge in [0, 0.05) is 11.6 Å². The largest absolute Gasteiger partial charge is 0.389 e. The number of rotatable bonds is 3. The van der Waals surface area contributed by atoms with E-state index in [1.165, 1.54) is 0 Å². The standard InChI is InChI=1S/C13H14ClNO2/c1-8-10(13(17)11(16)7-14)5-4-9-3-2-6-15-12(8)9/h2-6,11,13,16-17H,7H2,1H3. The lowest BCUT2D eigenvalue weighted by Crippen LogP contribution is -2.20. The van der Waals surface area contributed by atoms with Gasteiger partial charge in [0.05, 0.1) is 17.5 Å². The molecule has 2 aromatic rings. The van der Waals surface area contributed by atoms with Gasteiger partial charge in [-0.3, -0.25) is 4.98 Å². The number of alkyl halides is 1. The second-order valence-corrected chi connectivity index (χ2v) is 4.33. The van der Waals surface area contributed by atoms with Gasteiger partial charge in [0.15, 0.2) is 0 Å². The summed E-state index contributed by atoms with van der Waals surface area (Å²) in [4.78, 5) is 4.28. The van der Waals surface area contributed by atoms with Crippen molar-refractivity contribution in [3.63, 3.8) is 0 Å². The molecule has 1 aromatic heterocycles. The van der Waals surface area contributed by atoms with Crippen LogP contribution in [0.2, 0.25) is 0 Å². The maximum Gasteiger partial charge on any atom is 0.106 e. The minimum absolute atomic E-state index is 0.000855. The van der Waals surface area contributed by atoms with Gasteiger partial charge in [0.25, 0.3) is 0 Å². The molecule has 2 unspecified atom stereocenters. The number of hydrogen-bond donors (Lipinski definition) is 2. The first-order chi connectivity index (χ1) is 8.15. The summed E-state index contributed by atoms with van der Waals surface area (Å²) in [5, 5.41) is 20.6. The highest BCUT2D eigenvalue weighted by Gasteiger charge is 2.20. The maximum atomic E-state index is 9.97. The smallest absolute Gasteiger partial charge is 0.106 e. The summed E-state index contributed by atoms with van der Waals surface area (Å²) in [6, 6.07) is 7.52. The van der Waals surface area contributed by atoms with E-state index in [1.807, 2.05) is 25.1 Å². The lowest BCUT2D eigenvalue weighted by Gasteiger charge is -2.18. The highest BCUT2D eigenvalue weighted by atomic mass is 35.5. The van der Waals surface area contributed by atoms with E-state index in [-0.39, 0.29) is 5.88 Å². The second kappa shape index (κ2) is 5.00. The molecule has 0 aliphatic rings. The minimum atomic E-state index is -0.973.